The summed E-state index contributed by atoms with van der Waals surface area (Å²) in [5.74, 6) is 0.329. The van der Waals surface area contributed by atoms with Crippen LogP contribution in [0.15, 0.2) is 34.1 Å². The van der Waals surface area contributed by atoms with Crippen molar-refractivity contribution >= 4 is 44.8 Å². The molecule has 2 aromatic heterocycles. The van der Waals surface area contributed by atoms with Gasteiger partial charge < -0.3 is 0 Å². The molecule has 0 saturated carbocycles. The molecule has 0 spiro atoms. The third-order valence-corrected chi connectivity index (χ3v) is 4.50. The number of fused-ring (bicyclic) bond motifs is 2. The van der Waals surface area contributed by atoms with E-state index in [1.165, 1.54) is 18.4 Å². The molecule has 0 amide bonds. The van der Waals surface area contributed by atoms with E-state index < -0.39 is 0 Å². The van der Waals surface area contributed by atoms with E-state index in [0.29, 0.717) is 22.3 Å². The van der Waals surface area contributed by atoms with E-state index >= 15 is 0 Å². The molecule has 0 aliphatic carbocycles. The van der Waals surface area contributed by atoms with Crippen molar-refractivity contribution in [3.63, 3.8) is 0 Å². The molecule has 0 unspecified atom stereocenters. The zero-order valence-corrected chi connectivity index (χ0v) is 11.8. The minimum atomic E-state index is -0.147. The Morgan fingerprint density at radius 3 is 2.80 bits per heavy atom. The molecule has 97 valence electrons. The van der Waals surface area contributed by atoms with E-state index in [1.54, 1.807) is 12.3 Å². The summed E-state index contributed by atoms with van der Waals surface area (Å²) in [4.78, 5) is 20.6. The van der Waals surface area contributed by atoms with Gasteiger partial charge in [0.1, 0.15) is 0 Å². The molecule has 4 nitrogen and oxygen atoms in total. The van der Waals surface area contributed by atoms with Gasteiger partial charge in [0.2, 0.25) is 0 Å². The van der Waals surface area contributed by atoms with Crippen molar-refractivity contribution in [3.05, 3.63) is 40.2 Å². The second-order valence-corrected chi connectivity index (χ2v) is 5.41. The summed E-state index contributed by atoms with van der Waals surface area (Å²) in [6.45, 7) is 1.96. The maximum absolute atomic E-state index is 12.8. The zero-order valence-electron chi connectivity index (χ0n) is 11.0. The fraction of sp³-hybridized carbons (Fsp3) is 0.143. The van der Waals surface area contributed by atoms with Crippen LogP contribution in [0.5, 0.6) is 5.88 Å². The van der Waals surface area contributed by atoms with Crippen molar-refractivity contribution in [3.8, 4) is 5.88 Å². The Hall–Kier alpha value is -2.08. The maximum atomic E-state index is 12.8. The Balaban J connectivity index is 2.65. The van der Waals surface area contributed by atoms with E-state index in [0.717, 1.165) is 15.0 Å². The van der Waals surface area contributed by atoms with E-state index in [1.807, 2.05) is 19.1 Å². The molecule has 3 rings (SSSR count). The first-order valence-electron chi connectivity index (χ1n) is 5.97. The Morgan fingerprint density at radius 1 is 1.30 bits per heavy atom. The zero-order chi connectivity index (χ0) is 14.3. The van der Waals surface area contributed by atoms with Gasteiger partial charge in [-0.05, 0) is 0 Å². The van der Waals surface area contributed by atoms with Crippen molar-refractivity contribution in [2.75, 3.05) is 7.11 Å². The number of pyridine rings is 1. The van der Waals surface area contributed by atoms with Gasteiger partial charge in [0.05, 0.1) is 0 Å². The molecule has 1 radical (unpaired) electrons. The number of aromatic nitrogens is 1. The van der Waals surface area contributed by atoms with Crippen LogP contribution in [0.3, 0.4) is 0 Å². The second kappa shape index (κ2) is 4.79. The van der Waals surface area contributed by atoms with Crippen LogP contribution in [0, 0.1) is 6.92 Å². The summed E-state index contributed by atoms with van der Waals surface area (Å²) in [6.07, 6.45) is 1.63. The van der Waals surface area contributed by atoms with Gasteiger partial charge in [0.25, 0.3) is 0 Å². The first-order chi connectivity index (χ1) is 9.67. The molecule has 0 aliphatic rings. The van der Waals surface area contributed by atoms with Gasteiger partial charge in [-0.25, -0.2) is 0 Å². The Morgan fingerprint density at radius 2 is 2.10 bits per heavy atom. The van der Waals surface area contributed by atoms with Gasteiger partial charge in [0, 0.05) is 0 Å². The van der Waals surface area contributed by atoms with E-state index in [2.05, 4.69) is 9.88 Å². The Bertz CT molecular complexity index is 905. The minimum absolute atomic E-state index is 0.147. The second-order valence-electron chi connectivity index (χ2n) is 4.36. The van der Waals surface area contributed by atoms with Gasteiger partial charge in [-0.2, -0.15) is 0 Å². The molecule has 0 aliphatic heterocycles. The quantitative estimate of drug-likeness (QED) is 0.535. The van der Waals surface area contributed by atoms with Crippen LogP contribution < -0.4 is 10.2 Å². The number of aryl methyl sites for hydroxylation is 1. The Labute approximate surface area is 120 Å². The number of methoxy groups -OCH3 is 1. The van der Waals surface area contributed by atoms with Crippen molar-refractivity contribution in [1.82, 2.24) is 4.98 Å². The number of hydrogen-bond donors (Lipinski definition) is 0. The van der Waals surface area contributed by atoms with Gasteiger partial charge in [-0.1, -0.05) is 0 Å². The molecule has 0 N–H and O–H groups in total. The standard InChI is InChI=1S/C14H10BN2O2S/c1-7-3-4-8(17-15)10-12(18)11-9(20-13(7)10)5-6-16-14(11)19-2/h3-6H,1-2H3. The van der Waals surface area contributed by atoms with E-state index in [9.17, 15) is 4.79 Å². The molecule has 0 saturated heterocycles. The molecule has 0 fully saturated rings. The van der Waals surface area contributed by atoms with Crippen molar-refractivity contribution in [2.45, 2.75) is 6.92 Å². The molecule has 1 aromatic carbocycles. The first-order valence-corrected chi connectivity index (χ1v) is 6.79. The molecule has 0 bridgehead atoms. The van der Waals surface area contributed by atoms with Crippen molar-refractivity contribution in [1.29, 1.82) is 0 Å². The first kappa shape index (κ1) is 12.9. The van der Waals surface area contributed by atoms with Crippen LogP contribution >= 0.6 is 11.3 Å². The molecule has 2 heterocycles. The van der Waals surface area contributed by atoms with Crippen LogP contribution in [0.25, 0.3) is 20.2 Å². The molecule has 3 aromatic rings. The van der Waals surface area contributed by atoms with Gasteiger partial charge in [-0.3, -0.25) is 0 Å². The molecule has 0 atom stereocenters. The summed E-state index contributed by atoms with van der Waals surface area (Å²) in [5, 5.41) is 0.999. The number of ether oxygens (including phenoxy) is 1. The van der Waals surface area contributed by atoms with Gasteiger partial charge in [0.15, 0.2) is 0 Å². The topological polar surface area (TPSA) is 51.6 Å². The number of rotatable bonds is 2. The fourth-order valence-electron chi connectivity index (χ4n) is 2.24. The monoisotopic (exact) mass is 281 g/mol. The molecule has 20 heavy (non-hydrogen) atoms. The summed E-state index contributed by atoms with van der Waals surface area (Å²) in [6, 6.07) is 5.48. The van der Waals surface area contributed by atoms with Crippen LogP contribution in [0.4, 0.5) is 5.69 Å². The molecular formula is C14H10BN2O2S. The summed E-state index contributed by atoms with van der Waals surface area (Å²) >= 11 is 1.52. The van der Waals surface area contributed by atoms with Crippen molar-refractivity contribution in [2.24, 2.45) is 4.90 Å². The third-order valence-electron chi connectivity index (χ3n) is 3.21. The normalized spacial score (nSPS) is 10.8. The molecule has 6 heteroatoms. The summed E-state index contributed by atoms with van der Waals surface area (Å²) < 4.78 is 6.93. The number of benzene rings is 1. The third kappa shape index (κ3) is 1.76. The summed E-state index contributed by atoms with van der Waals surface area (Å²) in [5.41, 5.74) is 1.36. The van der Waals surface area contributed by atoms with Crippen molar-refractivity contribution < 1.29 is 4.74 Å². The summed E-state index contributed by atoms with van der Waals surface area (Å²) in [7, 11) is 6.89. The average molecular weight is 281 g/mol. The molecular weight excluding hydrogens is 271 g/mol. The van der Waals surface area contributed by atoms with Crippen LogP contribution in [-0.2, 0) is 0 Å². The number of hydrogen-bond acceptors (Lipinski definition) is 5. The SMILES string of the molecule is [B]=Nc1ccc(C)c2sc3ccnc(OC)c3c(=O)c12. The van der Waals surface area contributed by atoms with Crippen LogP contribution in [-0.4, -0.2) is 19.7 Å². The van der Waals surface area contributed by atoms with Crippen LogP contribution in [0.1, 0.15) is 5.56 Å². The van der Waals surface area contributed by atoms with Gasteiger partial charge >= 0.3 is 120 Å². The predicted octanol–water partition coefficient (Wildman–Crippen LogP) is 3.11. The van der Waals surface area contributed by atoms with E-state index in [-0.39, 0.29) is 5.43 Å². The predicted molar refractivity (Wildman–Crippen MR) is 82.5 cm³/mol. The fourth-order valence-corrected chi connectivity index (χ4v) is 3.40. The average Bonchev–Trinajstić information content (AvgIpc) is 2.48. The van der Waals surface area contributed by atoms with Gasteiger partial charge in [-0.15, -0.1) is 0 Å². The Kier molecular flexibility index (Phi) is 3.10. The van der Waals surface area contributed by atoms with E-state index in [4.69, 9.17) is 12.4 Å². The number of nitrogens with zero attached hydrogens (tertiary/aromatic N) is 2. The van der Waals surface area contributed by atoms with Crippen LogP contribution in [0.2, 0.25) is 0 Å².